The van der Waals surface area contributed by atoms with Crippen molar-refractivity contribution in [2.75, 3.05) is 32.7 Å². The molecule has 166 valence electrons. The van der Waals surface area contributed by atoms with Gasteiger partial charge in [-0.3, -0.25) is 4.79 Å². The predicted molar refractivity (Wildman–Crippen MR) is 122 cm³/mol. The summed E-state index contributed by atoms with van der Waals surface area (Å²) in [6.45, 7) is 2.89. The van der Waals surface area contributed by atoms with Gasteiger partial charge in [-0.25, -0.2) is 0 Å². The van der Waals surface area contributed by atoms with Gasteiger partial charge in [0.25, 0.3) is 5.91 Å². The number of hydrogen-bond donors (Lipinski definition) is 2. The summed E-state index contributed by atoms with van der Waals surface area (Å²) in [5.74, 6) is 0.525. The Kier molecular flexibility index (Phi) is 6.97. The average molecular weight is 443 g/mol. The summed E-state index contributed by atoms with van der Waals surface area (Å²) in [5.41, 5.74) is 0.749. The summed E-state index contributed by atoms with van der Waals surface area (Å²) in [7, 11) is 0. The van der Waals surface area contributed by atoms with E-state index in [1.165, 1.54) is 5.56 Å². The van der Waals surface area contributed by atoms with Gasteiger partial charge in [-0.2, -0.15) is 0 Å². The maximum Gasteiger partial charge on any atom is 0.253 e. The first kappa shape index (κ1) is 22.3. The molecule has 2 aliphatic heterocycles. The first-order valence-electron chi connectivity index (χ1n) is 11.1. The van der Waals surface area contributed by atoms with E-state index in [1.54, 1.807) is 29.2 Å². The monoisotopic (exact) mass is 442 g/mol. The molecular formula is C25H31ClN2O3. The molecule has 0 saturated carbocycles. The van der Waals surface area contributed by atoms with E-state index in [2.05, 4.69) is 29.2 Å². The van der Waals surface area contributed by atoms with Crippen molar-refractivity contribution in [2.45, 2.75) is 37.4 Å². The average Bonchev–Trinajstić information content (AvgIpc) is 2.78. The molecule has 2 aliphatic rings. The molecule has 31 heavy (non-hydrogen) atoms. The fraction of sp³-hybridized carbons (Fsp3) is 0.480. The number of amides is 1. The number of piperidine rings is 2. The van der Waals surface area contributed by atoms with Crippen LogP contribution in [0.3, 0.4) is 0 Å². The van der Waals surface area contributed by atoms with Crippen LogP contribution in [-0.4, -0.2) is 70.3 Å². The second-order valence-corrected chi connectivity index (χ2v) is 9.47. The molecular weight excluding hydrogens is 412 g/mol. The highest BCUT2D eigenvalue weighted by atomic mass is 35.5. The Morgan fingerprint density at radius 3 is 2.35 bits per heavy atom. The fourth-order valence-electron chi connectivity index (χ4n) is 4.79. The van der Waals surface area contributed by atoms with Gasteiger partial charge in [0.1, 0.15) is 11.7 Å². The smallest absolute Gasteiger partial charge is 0.253 e. The summed E-state index contributed by atoms with van der Waals surface area (Å²) in [4.78, 5) is 16.6. The van der Waals surface area contributed by atoms with Crippen molar-refractivity contribution >= 4 is 17.5 Å². The lowest BCUT2D eigenvalue weighted by atomic mass is 9.85. The van der Waals surface area contributed by atoms with Gasteiger partial charge in [0.15, 0.2) is 0 Å². The van der Waals surface area contributed by atoms with Crippen molar-refractivity contribution in [3.05, 3.63) is 70.7 Å². The lowest BCUT2D eigenvalue weighted by Crippen LogP contribution is -2.61. The van der Waals surface area contributed by atoms with Gasteiger partial charge in [-0.1, -0.05) is 41.9 Å². The largest absolute Gasteiger partial charge is 0.388 e. The van der Waals surface area contributed by atoms with Crippen LogP contribution in [0, 0.1) is 5.92 Å². The van der Waals surface area contributed by atoms with Crippen LogP contribution in [0.25, 0.3) is 0 Å². The summed E-state index contributed by atoms with van der Waals surface area (Å²) >= 11 is 5.90. The molecule has 2 saturated heterocycles. The van der Waals surface area contributed by atoms with Gasteiger partial charge in [0, 0.05) is 30.2 Å². The van der Waals surface area contributed by atoms with E-state index in [4.69, 9.17) is 11.6 Å². The molecule has 2 fully saturated rings. The second kappa shape index (κ2) is 9.70. The minimum absolute atomic E-state index is 0.139. The van der Waals surface area contributed by atoms with E-state index < -0.39 is 11.7 Å². The van der Waals surface area contributed by atoms with Crippen LogP contribution in [0.15, 0.2) is 54.6 Å². The molecule has 0 aromatic heterocycles. The maximum absolute atomic E-state index is 12.7. The number of rotatable bonds is 5. The van der Waals surface area contributed by atoms with Crippen LogP contribution >= 0.6 is 11.6 Å². The Morgan fingerprint density at radius 2 is 1.71 bits per heavy atom. The van der Waals surface area contributed by atoms with Gasteiger partial charge in [-0.05, 0) is 74.5 Å². The van der Waals surface area contributed by atoms with E-state index in [1.807, 2.05) is 6.07 Å². The number of aliphatic hydroxyl groups excluding tert-OH is 1. The highest BCUT2D eigenvalue weighted by molar-refractivity contribution is 6.30. The Bertz CT molecular complexity index is 868. The van der Waals surface area contributed by atoms with Gasteiger partial charge in [0.2, 0.25) is 0 Å². The Balaban J connectivity index is 1.28. The maximum atomic E-state index is 12.7. The summed E-state index contributed by atoms with van der Waals surface area (Å²) in [5, 5.41) is 22.5. The number of carbonyl (C=O) groups is 1. The standard InChI is InChI=1S/C25H31ClN2O3/c26-22-8-6-21(7-9-22)24(30)28-15-12-25(31,23(29)17-28)18-27-13-10-20(11-14-27)16-19-4-2-1-3-5-19/h1-9,20,23,29,31H,10-18H2/t23-,25-/m0/s1. The molecule has 4 rings (SSSR count). The van der Waals surface area contributed by atoms with E-state index in [9.17, 15) is 15.0 Å². The van der Waals surface area contributed by atoms with Crippen molar-refractivity contribution in [2.24, 2.45) is 5.92 Å². The molecule has 2 aromatic rings. The predicted octanol–water partition coefficient (Wildman–Crippen LogP) is 3.23. The molecule has 5 nitrogen and oxygen atoms in total. The minimum atomic E-state index is -1.18. The normalized spacial score (nSPS) is 25.5. The summed E-state index contributed by atoms with van der Waals surface area (Å²) in [6.07, 6.45) is 2.71. The molecule has 2 heterocycles. The molecule has 6 heteroatoms. The lowest BCUT2D eigenvalue weighted by molar-refractivity contribution is -0.127. The molecule has 0 unspecified atom stereocenters. The van der Waals surface area contributed by atoms with Crippen molar-refractivity contribution in [3.63, 3.8) is 0 Å². The molecule has 2 N–H and O–H groups in total. The molecule has 0 aliphatic carbocycles. The van der Waals surface area contributed by atoms with Crippen LogP contribution in [-0.2, 0) is 6.42 Å². The molecule has 1 amide bonds. The van der Waals surface area contributed by atoms with E-state index in [0.29, 0.717) is 36.0 Å². The van der Waals surface area contributed by atoms with Crippen molar-refractivity contribution in [3.8, 4) is 0 Å². The number of likely N-dealkylation sites (tertiary alicyclic amines) is 2. The molecule has 2 atom stereocenters. The van der Waals surface area contributed by atoms with E-state index in [0.717, 1.165) is 32.4 Å². The SMILES string of the molecule is O=C(c1ccc(Cl)cc1)N1CC[C@](O)(CN2CCC(Cc3ccccc3)CC2)[C@@H](O)C1. The highest BCUT2D eigenvalue weighted by Crippen LogP contribution is 2.28. The molecule has 2 aromatic carbocycles. The molecule has 0 spiro atoms. The third kappa shape index (κ3) is 5.47. The topological polar surface area (TPSA) is 64.0 Å². The zero-order chi connectivity index (χ0) is 21.8. The lowest BCUT2D eigenvalue weighted by Gasteiger charge is -2.45. The second-order valence-electron chi connectivity index (χ2n) is 9.04. The van der Waals surface area contributed by atoms with Crippen molar-refractivity contribution < 1.29 is 15.0 Å². The van der Waals surface area contributed by atoms with E-state index in [-0.39, 0.29) is 12.5 Å². The van der Waals surface area contributed by atoms with Crippen molar-refractivity contribution in [1.82, 2.24) is 9.80 Å². The fourth-order valence-corrected chi connectivity index (χ4v) is 4.92. The van der Waals surface area contributed by atoms with Gasteiger partial charge >= 0.3 is 0 Å². The number of aliphatic hydroxyl groups is 2. The van der Waals surface area contributed by atoms with Crippen LogP contribution in [0.5, 0.6) is 0 Å². The third-order valence-corrected chi connectivity index (χ3v) is 7.03. The number of hydrogen-bond acceptors (Lipinski definition) is 4. The minimum Gasteiger partial charge on any atom is -0.388 e. The zero-order valence-corrected chi connectivity index (χ0v) is 18.5. The van der Waals surface area contributed by atoms with Crippen LogP contribution < -0.4 is 0 Å². The summed E-state index contributed by atoms with van der Waals surface area (Å²) < 4.78 is 0. The first-order chi connectivity index (χ1) is 14.9. The van der Waals surface area contributed by atoms with Crippen LogP contribution in [0.2, 0.25) is 5.02 Å². The first-order valence-corrected chi connectivity index (χ1v) is 11.5. The number of β-amino-alcohol motifs (C(OH)–C–C–N with tert-alkyl or cyclic N) is 2. The number of carbonyl (C=O) groups excluding carboxylic acids is 1. The van der Waals surface area contributed by atoms with Gasteiger partial charge < -0.3 is 20.0 Å². The van der Waals surface area contributed by atoms with E-state index >= 15 is 0 Å². The number of halogens is 1. The Morgan fingerprint density at radius 1 is 1.03 bits per heavy atom. The van der Waals surface area contributed by atoms with Gasteiger partial charge in [-0.15, -0.1) is 0 Å². The zero-order valence-electron chi connectivity index (χ0n) is 17.8. The Hall–Kier alpha value is -1.92. The Labute approximate surface area is 189 Å². The highest BCUT2D eigenvalue weighted by Gasteiger charge is 2.43. The quantitative estimate of drug-likeness (QED) is 0.746. The molecule has 0 radical (unpaired) electrons. The van der Waals surface area contributed by atoms with Gasteiger partial charge in [0.05, 0.1) is 0 Å². The molecule has 0 bridgehead atoms. The van der Waals surface area contributed by atoms with Crippen LogP contribution in [0.4, 0.5) is 0 Å². The third-order valence-electron chi connectivity index (χ3n) is 6.78. The van der Waals surface area contributed by atoms with Crippen LogP contribution in [0.1, 0.15) is 35.2 Å². The number of benzene rings is 2. The number of nitrogens with zero attached hydrogens (tertiary/aromatic N) is 2. The summed E-state index contributed by atoms with van der Waals surface area (Å²) in [6, 6.07) is 17.4. The van der Waals surface area contributed by atoms with Crippen molar-refractivity contribution in [1.29, 1.82) is 0 Å².